The highest BCUT2D eigenvalue weighted by Crippen LogP contribution is 2.40. The summed E-state index contributed by atoms with van der Waals surface area (Å²) in [5.41, 5.74) is 1.53. The molecule has 9 heteroatoms. The first-order chi connectivity index (χ1) is 15.6. The molecule has 3 aromatic carbocycles. The van der Waals surface area contributed by atoms with E-state index in [1.807, 2.05) is 36.4 Å². The van der Waals surface area contributed by atoms with Crippen molar-refractivity contribution in [3.63, 3.8) is 0 Å². The van der Waals surface area contributed by atoms with E-state index >= 15 is 0 Å². The van der Waals surface area contributed by atoms with Crippen LogP contribution in [0.15, 0.2) is 53.6 Å². The third-order valence-corrected chi connectivity index (χ3v) is 5.29. The van der Waals surface area contributed by atoms with Gasteiger partial charge in [0.25, 0.3) is 0 Å². The van der Waals surface area contributed by atoms with Gasteiger partial charge in [0.15, 0.2) is 17.3 Å². The third kappa shape index (κ3) is 3.78. The van der Waals surface area contributed by atoms with E-state index in [2.05, 4.69) is 15.3 Å². The number of ether oxygens (including phenoxy) is 4. The molecule has 0 fully saturated rings. The molecule has 0 radical (unpaired) electrons. The number of benzene rings is 3. The van der Waals surface area contributed by atoms with Crippen molar-refractivity contribution in [2.75, 3.05) is 28.4 Å². The van der Waals surface area contributed by atoms with Crippen LogP contribution in [-0.2, 0) is 0 Å². The Bertz CT molecular complexity index is 1330. The number of aromatic nitrogens is 3. The highest BCUT2D eigenvalue weighted by molar-refractivity contribution is 7.71. The van der Waals surface area contributed by atoms with Gasteiger partial charge in [-0.25, -0.2) is 5.10 Å². The van der Waals surface area contributed by atoms with Crippen LogP contribution in [0.5, 0.6) is 23.0 Å². The van der Waals surface area contributed by atoms with E-state index in [-0.39, 0.29) is 0 Å². The topological polar surface area (TPSA) is 82.9 Å². The Morgan fingerprint density at radius 3 is 2.25 bits per heavy atom. The van der Waals surface area contributed by atoms with E-state index in [1.165, 1.54) is 4.68 Å². The number of aromatic amines is 1. The van der Waals surface area contributed by atoms with E-state index in [4.69, 9.17) is 31.2 Å². The maximum Gasteiger partial charge on any atom is 0.216 e. The van der Waals surface area contributed by atoms with Crippen LogP contribution in [0.25, 0.3) is 22.2 Å². The Hall–Kier alpha value is -3.85. The second-order valence-electron chi connectivity index (χ2n) is 6.73. The molecule has 4 aromatic rings. The summed E-state index contributed by atoms with van der Waals surface area (Å²) < 4.78 is 23.8. The van der Waals surface area contributed by atoms with Crippen molar-refractivity contribution < 1.29 is 18.9 Å². The lowest BCUT2D eigenvalue weighted by atomic mass is 10.0. The fourth-order valence-electron chi connectivity index (χ4n) is 3.50. The summed E-state index contributed by atoms with van der Waals surface area (Å²) >= 11 is 5.43. The normalized spacial score (nSPS) is 11.1. The minimum absolute atomic E-state index is 0.337. The van der Waals surface area contributed by atoms with Crippen LogP contribution in [0.4, 0.5) is 0 Å². The first-order valence-electron chi connectivity index (χ1n) is 9.69. The summed E-state index contributed by atoms with van der Waals surface area (Å²) in [5.74, 6) is 2.69. The van der Waals surface area contributed by atoms with Gasteiger partial charge in [0.05, 0.1) is 34.7 Å². The van der Waals surface area contributed by atoms with Crippen LogP contribution < -0.4 is 18.9 Å². The molecule has 4 rings (SSSR count). The molecule has 0 amide bonds. The lowest BCUT2D eigenvalue weighted by Crippen LogP contribution is -1.99. The molecule has 0 unspecified atom stereocenters. The number of nitrogens with one attached hydrogen (secondary N) is 1. The number of hydrogen-bond acceptors (Lipinski definition) is 7. The summed E-state index contributed by atoms with van der Waals surface area (Å²) in [6.45, 7) is 0. The van der Waals surface area contributed by atoms with Crippen molar-refractivity contribution >= 4 is 29.2 Å². The van der Waals surface area contributed by atoms with Gasteiger partial charge in [-0.15, -0.1) is 0 Å². The molecule has 0 saturated heterocycles. The zero-order valence-corrected chi connectivity index (χ0v) is 18.9. The van der Waals surface area contributed by atoms with Gasteiger partial charge >= 0.3 is 0 Å². The minimum atomic E-state index is 0.337. The highest BCUT2D eigenvalue weighted by atomic mass is 32.1. The van der Waals surface area contributed by atoms with Crippen LogP contribution in [-0.4, -0.2) is 49.5 Å². The van der Waals surface area contributed by atoms with Gasteiger partial charge in [0.2, 0.25) is 10.5 Å². The lowest BCUT2D eigenvalue weighted by molar-refractivity contribution is 0.324. The molecule has 164 valence electrons. The number of hydrogen-bond donors (Lipinski definition) is 1. The summed E-state index contributed by atoms with van der Waals surface area (Å²) in [6, 6.07) is 15.5. The fourth-order valence-corrected chi connectivity index (χ4v) is 3.68. The molecule has 0 aliphatic carbocycles. The highest BCUT2D eigenvalue weighted by Gasteiger charge is 2.18. The van der Waals surface area contributed by atoms with Gasteiger partial charge in [0.1, 0.15) is 5.75 Å². The molecule has 0 saturated carbocycles. The molecule has 0 atom stereocenters. The number of rotatable bonds is 7. The van der Waals surface area contributed by atoms with Gasteiger partial charge < -0.3 is 18.9 Å². The molecular weight excluding hydrogens is 428 g/mol. The first kappa shape index (κ1) is 21.4. The Labute approximate surface area is 190 Å². The second kappa shape index (κ2) is 9.11. The van der Waals surface area contributed by atoms with E-state index in [0.717, 1.165) is 16.3 Å². The largest absolute Gasteiger partial charge is 0.496 e. The molecule has 32 heavy (non-hydrogen) atoms. The van der Waals surface area contributed by atoms with Gasteiger partial charge in [-0.1, -0.05) is 30.3 Å². The van der Waals surface area contributed by atoms with E-state index in [0.29, 0.717) is 39.2 Å². The average molecular weight is 451 g/mol. The van der Waals surface area contributed by atoms with E-state index in [9.17, 15) is 0 Å². The van der Waals surface area contributed by atoms with E-state index in [1.54, 1.807) is 46.8 Å². The number of H-pyrrole nitrogens is 1. The monoisotopic (exact) mass is 450 g/mol. The molecular formula is C23H22N4O4S. The molecule has 0 aliphatic heterocycles. The van der Waals surface area contributed by atoms with Crippen molar-refractivity contribution in [1.82, 2.24) is 14.9 Å². The zero-order valence-electron chi connectivity index (χ0n) is 18.1. The standard InChI is InChI=1S/C23H22N4O4S/c1-28-18-10-9-14-7-5-6-8-16(14)17(18)13-24-27-22(25-26-23(27)32)15-11-19(29-2)21(31-4)20(12-15)30-3/h5-13H,1-4H3,(H,26,32). The van der Waals surface area contributed by atoms with Crippen LogP contribution in [0, 0.1) is 4.77 Å². The predicted octanol–water partition coefficient (Wildman–Crippen LogP) is 4.68. The fraction of sp³-hybridized carbons (Fsp3) is 0.174. The Kier molecular flexibility index (Phi) is 6.09. The molecule has 0 spiro atoms. The van der Waals surface area contributed by atoms with Crippen molar-refractivity contribution in [2.24, 2.45) is 5.10 Å². The summed E-state index contributed by atoms with van der Waals surface area (Å²) in [5, 5.41) is 13.9. The van der Waals surface area contributed by atoms with Gasteiger partial charge in [-0.05, 0) is 41.2 Å². The SMILES string of the molecule is COc1cc(-c2n[nH]c(=S)n2N=Cc2c(OC)ccc3ccccc23)cc(OC)c1OC. The maximum absolute atomic E-state index is 5.56. The van der Waals surface area contributed by atoms with Crippen LogP contribution in [0.1, 0.15) is 5.56 Å². The number of nitrogens with zero attached hydrogens (tertiary/aromatic N) is 3. The smallest absolute Gasteiger partial charge is 0.216 e. The van der Waals surface area contributed by atoms with Crippen LogP contribution in [0.3, 0.4) is 0 Å². The molecule has 8 nitrogen and oxygen atoms in total. The van der Waals surface area contributed by atoms with Gasteiger partial charge in [0, 0.05) is 11.1 Å². The molecule has 0 aliphatic rings. The van der Waals surface area contributed by atoms with E-state index < -0.39 is 0 Å². The summed E-state index contributed by atoms with van der Waals surface area (Å²) in [4.78, 5) is 0. The molecule has 1 N–H and O–H groups in total. The Morgan fingerprint density at radius 2 is 1.59 bits per heavy atom. The van der Waals surface area contributed by atoms with Gasteiger partial charge in [-0.3, -0.25) is 0 Å². The van der Waals surface area contributed by atoms with Crippen LogP contribution >= 0.6 is 12.2 Å². The third-order valence-electron chi connectivity index (χ3n) is 5.03. The predicted molar refractivity (Wildman–Crippen MR) is 126 cm³/mol. The minimum Gasteiger partial charge on any atom is -0.496 e. The van der Waals surface area contributed by atoms with Crippen molar-refractivity contribution in [3.05, 3.63) is 58.9 Å². The maximum atomic E-state index is 5.56. The van der Waals surface area contributed by atoms with Crippen molar-refractivity contribution in [2.45, 2.75) is 0 Å². The molecule has 1 heterocycles. The molecule has 1 aromatic heterocycles. The Balaban J connectivity index is 1.85. The Morgan fingerprint density at radius 1 is 0.906 bits per heavy atom. The second-order valence-corrected chi connectivity index (χ2v) is 7.11. The summed E-state index contributed by atoms with van der Waals surface area (Å²) in [6.07, 6.45) is 1.72. The van der Waals surface area contributed by atoms with Crippen LogP contribution in [0.2, 0.25) is 0 Å². The van der Waals surface area contributed by atoms with Crippen molar-refractivity contribution in [1.29, 1.82) is 0 Å². The first-order valence-corrected chi connectivity index (χ1v) is 10.1. The number of methoxy groups -OCH3 is 4. The quantitative estimate of drug-likeness (QED) is 0.325. The average Bonchev–Trinajstić information content (AvgIpc) is 3.21. The van der Waals surface area contributed by atoms with Crippen molar-refractivity contribution in [3.8, 4) is 34.4 Å². The molecule has 0 bridgehead atoms. The summed E-state index contributed by atoms with van der Waals surface area (Å²) in [7, 11) is 6.30. The van der Waals surface area contributed by atoms with Gasteiger partial charge in [-0.2, -0.15) is 14.9 Å². The number of fused-ring (bicyclic) bond motifs is 1. The zero-order chi connectivity index (χ0) is 22.7. The lowest BCUT2D eigenvalue weighted by Gasteiger charge is -2.13.